The highest BCUT2D eigenvalue weighted by Crippen LogP contribution is 2.23. The maximum atomic E-state index is 11.0. The van der Waals surface area contributed by atoms with Crippen molar-refractivity contribution in [1.29, 1.82) is 5.26 Å². The number of nitrogen functional groups attached to an aromatic ring is 1. The van der Waals surface area contributed by atoms with Gasteiger partial charge in [-0.3, -0.25) is 0 Å². The zero-order valence-corrected chi connectivity index (χ0v) is 12.3. The van der Waals surface area contributed by atoms with Crippen molar-refractivity contribution in [3.05, 3.63) is 35.5 Å². The molecule has 2 aromatic rings. The second-order valence-electron chi connectivity index (χ2n) is 5.17. The molecule has 0 aliphatic rings. The average Bonchev–Trinajstić information content (AvgIpc) is 2.87. The normalized spacial score (nSPS) is 10.5. The van der Waals surface area contributed by atoms with Crippen LogP contribution in [0.25, 0.3) is 5.69 Å². The minimum atomic E-state index is -1.15. The number of carboxylic acids is 1. The first-order valence-corrected chi connectivity index (χ1v) is 6.68. The van der Waals surface area contributed by atoms with Crippen LogP contribution in [0.15, 0.2) is 24.4 Å². The first-order valence-electron chi connectivity index (χ1n) is 6.68. The van der Waals surface area contributed by atoms with Crippen LogP contribution >= 0.6 is 0 Å². The van der Waals surface area contributed by atoms with Gasteiger partial charge in [-0.25, -0.2) is 9.48 Å². The summed E-state index contributed by atoms with van der Waals surface area (Å²) in [7, 11) is 0. The molecule has 1 aromatic carbocycles. The molecular formula is C15H16N4O3. The highest BCUT2D eigenvalue weighted by Gasteiger charge is 2.14. The van der Waals surface area contributed by atoms with Crippen LogP contribution in [0.2, 0.25) is 0 Å². The Hall–Kier alpha value is -3.01. The summed E-state index contributed by atoms with van der Waals surface area (Å²) in [4.78, 5) is 11.0. The van der Waals surface area contributed by atoms with E-state index in [1.54, 1.807) is 18.2 Å². The number of nitrogens with zero attached hydrogens (tertiary/aromatic N) is 3. The molecule has 0 amide bonds. The van der Waals surface area contributed by atoms with Crippen LogP contribution < -0.4 is 10.5 Å². The molecule has 1 heterocycles. The minimum Gasteiger partial charge on any atom is -0.492 e. The number of benzene rings is 1. The summed E-state index contributed by atoms with van der Waals surface area (Å²) in [5.74, 6) is -0.402. The van der Waals surface area contributed by atoms with Gasteiger partial charge in [-0.1, -0.05) is 13.8 Å². The maximum absolute atomic E-state index is 11.0. The minimum absolute atomic E-state index is 0.0776. The van der Waals surface area contributed by atoms with Gasteiger partial charge in [0.15, 0.2) is 5.82 Å². The Morgan fingerprint density at radius 3 is 2.82 bits per heavy atom. The predicted octanol–water partition coefficient (Wildman–Crippen LogP) is 2.06. The Bertz CT molecular complexity index is 744. The SMILES string of the molecule is CC(C)COc1ccc(-n2cc(C(=O)O)c(N)n2)cc1C#N. The topological polar surface area (TPSA) is 114 Å². The van der Waals surface area contributed by atoms with E-state index in [4.69, 9.17) is 15.6 Å². The Morgan fingerprint density at radius 1 is 1.55 bits per heavy atom. The molecule has 1 aromatic heterocycles. The zero-order valence-electron chi connectivity index (χ0n) is 12.3. The van der Waals surface area contributed by atoms with E-state index in [2.05, 4.69) is 11.2 Å². The molecule has 0 bridgehead atoms. The zero-order chi connectivity index (χ0) is 16.3. The highest BCUT2D eigenvalue weighted by molar-refractivity contribution is 5.92. The summed E-state index contributed by atoms with van der Waals surface area (Å²) in [5, 5.41) is 22.2. The number of hydrogen-bond acceptors (Lipinski definition) is 5. The molecular weight excluding hydrogens is 284 g/mol. The fraction of sp³-hybridized carbons (Fsp3) is 0.267. The summed E-state index contributed by atoms with van der Waals surface area (Å²) in [6, 6.07) is 6.99. The molecule has 0 radical (unpaired) electrons. The lowest BCUT2D eigenvalue weighted by atomic mass is 10.2. The molecule has 0 atom stereocenters. The van der Waals surface area contributed by atoms with Crippen molar-refractivity contribution >= 4 is 11.8 Å². The molecule has 7 nitrogen and oxygen atoms in total. The number of nitrogens with two attached hydrogens (primary N) is 1. The lowest BCUT2D eigenvalue weighted by Crippen LogP contribution is -2.06. The monoisotopic (exact) mass is 300 g/mol. The van der Waals surface area contributed by atoms with E-state index in [1.165, 1.54) is 10.9 Å². The van der Waals surface area contributed by atoms with E-state index >= 15 is 0 Å². The van der Waals surface area contributed by atoms with Gasteiger partial charge in [0.05, 0.1) is 17.9 Å². The standard InChI is InChI=1S/C15H16N4O3/c1-9(2)8-22-13-4-3-11(5-10(13)6-16)19-7-12(15(20)21)14(17)18-19/h3-5,7,9H,8H2,1-2H3,(H2,17,18)(H,20,21). The molecule has 0 aliphatic carbocycles. The number of carbonyl (C=O) groups is 1. The number of anilines is 1. The summed E-state index contributed by atoms with van der Waals surface area (Å²) < 4.78 is 6.90. The molecule has 7 heteroatoms. The van der Waals surface area contributed by atoms with Gasteiger partial charge in [0.2, 0.25) is 0 Å². The molecule has 0 unspecified atom stereocenters. The molecule has 0 saturated carbocycles. The Labute approximate surface area is 127 Å². The molecule has 0 fully saturated rings. The van der Waals surface area contributed by atoms with Crippen molar-refractivity contribution in [3.8, 4) is 17.5 Å². The van der Waals surface area contributed by atoms with Gasteiger partial charge in [-0.05, 0) is 24.1 Å². The summed E-state index contributed by atoms with van der Waals surface area (Å²) in [6.07, 6.45) is 1.31. The van der Waals surface area contributed by atoms with Crippen molar-refractivity contribution in [1.82, 2.24) is 9.78 Å². The van der Waals surface area contributed by atoms with Gasteiger partial charge < -0.3 is 15.6 Å². The van der Waals surface area contributed by atoms with E-state index in [0.29, 0.717) is 29.5 Å². The summed E-state index contributed by atoms with van der Waals surface area (Å²) in [5.41, 5.74) is 6.36. The quantitative estimate of drug-likeness (QED) is 0.873. The number of ether oxygens (including phenoxy) is 1. The van der Waals surface area contributed by atoms with Crippen LogP contribution in [0.5, 0.6) is 5.75 Å². The smallest absolute Gasteiger partial charge is 0.341 e. The molecule has 0 saturated heterocycles. The number of rotatable bonds is 5. The Morgan fingerprint density at radius 2 is 2.27 bits per heavy atom. The number of hydrogen-bond donors (Lipinski definition) is 2. The van der Waals surface area contributed by atoms with Crippen LogP contribution in [0.1, 0.15) is 29.8 Å². The number of aromatic nitrogens is 2. The van der Waals surface area contributed by atoms with Gasteiger partial charge in [0, 0.05) is 6.20 Å². The van der Waals surface area contributed by atoms with Crippen LogP contribution in [0.4, 0.5) is 5.82 Å². The highest BCUT2D eigenvalue weighted by atomic mass is 16.5. The van der Waals surface area contributed by atoms with E-state index in [0.717, 1.165) is 0 Å². The fourth-order valence-electron chi connectivity index (χ4n) is 1.81. The molecule has 2 rings (SSSR count). The van der Waals surface area contributed by atoms with Crippen LogP contribution in [0, 0.1) is 17.2 Å². The van der Waals surface area contributed by atoms with Gasteiger partial charge in [-0.15, -0.1) is 5.10 Å². The fourth-order valence-corrected chi connectivity index (χ4v) is 1.81. The third-order valence-corrected chi connectivity index (χ3v) is 2.89. The van der Waals surface area contributed by atoms with E-state index in [1.807, 2.05) is 13.8 Å². The lowest BCUT2D eigenvalue weighted by molar-refractivity contribution is 0.0698. The lowest BCUT2D eigenvalue weighted by Gasteiger charge is -2.11. The Balaban J connectivity index is 2.35. The molecule has 3 N–H and O–H groups in total. The van der Waals surface area contributed by atoms with Gasteiger partial charge in [0.1, 0.15) is 17.4 Å². The number of carboxylic acid groups (broad SMARTS) is 1. The van der Waals surface area contributed by atoms with E-state index in [9.17, 15) is 10.1 Å². The first-order chi connectivity index (χ1) is 10.4. The van der Waals surface area contributed by atoms with Crippen molar-refractivity contribution < 1.29 is 14.6 Å². The second kappa shape index (κ2) is 6.18. The first kappa shape index (κ1) is 15.4. The molecule has 0 spiro atoms. The van der Waals surface area contributed by atoms with Crippen molar-refractivity contribution in [2.24, 2.45) is 5.92 Å². The van der Waals surface area contributed by atoms with Crippen molar-refractivity contribution in [3.63, 3.8) is 0 Å². The van der Waals surface area contributed by atoms with Crippen LogP contribution in [-0.4, -0.2) is 27.5 Å². The maximum Gasteiger partial charge on any atom is 0.341 e. The average molecular weight is 300 g/mol. The third kappa shape index (κ3) is 3.17. The second-order valence-corrected chi connectivity index (χ2v) is 5.17. The van der Waals surface area contributed by atoms with Crippen molar-refractivity contribution in [2.75, 3.05) is 12.3 Å². The van der Waals surface area contributed by atoms with Gasteiger partial charge in [0.25, 0.3) is 0 Å². The van der Waals surface area contributed by atoms with Gasteiger partial charge in [-0.2, -0.15) is 5.26 Å². The summed E-state index contributed by atoms with van der Waals surface area (Å²) in [6.45, 7) is 4.53. The predicted molar refractivity (Wildman–Crippen MR) is 80.0 cm³/mol. The number of aromatic carboxylic acids is 1. The third-order valence-electron chi connectivity index (χ3n) is 2.89. The van der Waals surface area contributed by atoms with E-state index < -0.39 is 5.97 Å². The van der Waals surface area contributed by atoms with Crippen molar-refractivity contribution in [2.45, 2.75) is 13.8 Å². The Kier molecular flexibility index (Phi) is 4.32. The summed E-state index contributed by atoms with van der Waals surface area (Å²) >= 11 is 0. The largest absolute Gasteiger partial charge is 0.492 e. The number of nitriles is 1. The van der Waals surface area contributed by atoms with Crippen LogP contribution in [-0.2, 0) is 0 Å². The molecule has 0 aliphatic heterocycles. The molecule has 22 heavy (non-hydrogen) atoms. The molecule has 114 valence electrons. The van der Waals surface area contributed by atoms with Gasteiger partial charge >= 0.3 is 5.97 Å². The van der Waals surface area contributed by atoms with E-state index in [-0.39, 0.29) is 11.4 Å². The van der Waals surface area contributed by atoms with Crippen LogP contribution in [0.3, 0.4) is 0 Å².